The zero-order valence-corrected chi connectivity index (χ0v) is 14.4. The lowest BCUT2D eigenvalue weighted by molar-refractivity contribution is -0.135. The highest BCUT2D eigenvalue weighted by atomic mass is 79.9. The second-order valence-corrected chi connectivity index (χ2v) is 6.43. The van der Waals surface area contributed by atoms with Gasteiger partial charge < -0.3 is 19.4 Å². The van der Waals surface area contributed by atoms with Gasteiger partial charge in [-0.15, -0.1) is 0 Å². The van der Waals surface area contributed by atoms with Crippen LogP contribution in [-0.4, -0.2) is 44.6 Å². The minimum absolute atomic E-state index is 0.0270. The smallest absolute Gasteiger partial charge is 0.251 e. The van der Waals surface area contributed by atoms with Gasteiger partial charge in [-0.3, -0.25) is 9.59 Å². The van der Waals surface area contributed by atoms with E-state index >= 15 is 0 Å². The zero-order chi connectivity index (χ0) is 16.4. The molecule has 1 N–H and O–H groups in total. The number of aromatic nitrogens is 3. The number of halogens is 1. The zero-order valence-electron chi connectivity index (χ0n) is 12.8. The van der Waals surface area contributed by atoms with Crippen LogP contribution < -0.4 is 10.9 Å². The average molecular weight is 380 g/mol. The number of amides is 1. The van der Waals surface area contributed by atoms with E-state index in [1.807, 2.05) is 17.8 Å². The summed E-state index contributed by atoms with van der Waals surface area (Å²) in [4.78, 5) is 30.8. The quantitative estimate of drug-likeness (QED) is 0.843. The molecule has 7 nitrogen and oxygen atoms in total. The number of imidazole rings is 1. The third-order valence-corrected chi connectivity index (χ3v) is 4.44. The number of aryl methyl sites for hydroxylation is 1. The third-order valence-electron chi connectivity index (χ3n) is 3.97. The van der Waals surface area contributed by atoms with E-state index in [1.54, 1.807) is 23.4 Å². The summed E-state index contributed by atoms with van der Waals surface area (Å²) in [5.41, 5.74) is -0.190. The van der Waals surface area contributed by atoms with Gasteiger partial charge in [0.25, 0.3) is 5.56 Å². The summed E-state index contributed by atoms with van der Waals surface area (Å²) in [6.07, 6.45) is 5.23. The predicted octanol–water partition coefficient (Wildman–Crippen LogP) is 0.517. The lowest BCUT2D eigenvalue weighted by atomic mass is 10.1. The number of carbonyl (C=O) groups is 1. The first kappa shape index (κ1) is 15.9. The van der Waals surface area contributed by atoms with Crippen molar-refractivity contribution < 1.29 is 4.79 Å². The molecule has 0 radical (unpaired) electrons. The molecule has 0 spiro atoms. The van der Waals surface area contributed by atoms with Crippen molar-refractivity contribution in [1.82, 2.24) is 24.3 Å². The SMILES string of the molecule is Cn1ccnc1C1CNCCN1C(=O)Cn1cc(Br)ccc1=O. The fourth-order valence-electron chi connectivity index (χ4n) is 2.79. The standard InChI is InChI=1S/C15H18BrN5O2/c1-19-6-5-18-15(19)12-8-17-4-7-21(12)14(23)10-20-9-11(16)2-3-13(20)22/h2-3,5-6,9,12,17H,4,7-8,10H2,1H3. The van der Waals surface area contributed by atoms with Gasteiger partial charge in [-0.05, 0) is 22.0 Å². The molecule has 0 bridgehead atoms. The first-order valence-corrected chi connectivity index (χ1v) is 8.19. The Balaban J connectivity index is 1.83. The van der Waals surface area contributed by atoms with Crippen molar-refractivity contribution in [2.75, 3.05) is 19.6 Å². The summed E-state index contributed by atoms with van der Waals surface area (Å²) in [6, 6.07) is 3.00. The lowest BCUT2D eigenvalue weighted by Gasteiger charge is -2.35. The molecule has 8 heteroatoms. The molecule has 1 unspecified atom stereocenters. The highest BCUT2D eigenvalue weighted by Crippen LogP contribution is 2.20. The second-order valence-electron chi connectivity index (χ2n) is 5.52. The van der Waals surface area contributed by atoms with Crippen molar-refractivity contribution in [1.29, 1.82) is 0 Å². The Morgan fingerprint density at radius 2 is 2.30 bits per heavy atom. The molecule has 1 aliphatic rings. The molecule has 2 aromatic heterocycles. The molecule has 0 aliphatic carbocycles. The second kappa shape index (κ2) is 6.67. The van der Waals surface area contributed by atoms with Crippen LogP contribution in [0.5, 0.6) is 0 Å². The first-order chi connectivity index (χ1) is 11.1. The van der Waals surface area contributed by atoms with Crippen LogP contribution in [0.4, 0.5) is 0 Å². The van der Waals surface area contributed by atoms with Gasteiger partial charge in [0.05, 0.1) is 0 Å². The number of nitrogens with zero attached hydrogens (tertiary/aromatic N) is 4. The number of hydrogen-bond donors (Lipinski definition) is 1. The molecule has 0 aromatic carbocycles. The Labute approximate surface area is 142 Å². The van der Waals surface area contributed by atoms with E-state index in [1.165, 1.54) is 10.6 Å². The maximum atomic E-state index is 12.7. The maximum Gasteiger partial charge on any atom is 0.251 e. The van der Waals surface area contributed by atoms with Gasteiger partial charge >= 0.3 is 0 Å². The summed E-state index contributed by atoms with van der Waals surface area (Å²) in [5, 5.41) is 3.30. The Morgan fingerprint density at radius 1 is 1.48 bits per heavy atom. The van der Waals surface area contributed by atoms with E-state index in [0.717, 1.165) is 16.8 Å². The van der Waals surface area contributed by atoms with Gasteiger partial charge in [0.1, 0.15) is 18.4 Å². The number of piperazine rings is 1. The van der Waals surface area contributed by atoms with E-state index in [4.69, 9.17) is 0 Å². The summed E-state index contributed by atoms with van der Waals surface area (Å²) in [7, 11) is 1.92. The largest absolute Gasteiger partial charge is 0.336 e. The van der Waals surface area contributed by atoms with Crippen LogP contribution in [-0.2, 0) is 18.4 Å². The number of hydrogen-bond acceptors (Lipinski definition) is 4. The lowest BCUT2D eigenvalue weighted by Crippen LogP contribution is -2.50. The van der Waals surface area contributed by atoms with Gasteiger partial charge in [-0.25, -0.2) is 4.98 Å². The van der Waals surface area contributed by atoms with Gasteiger partial charge in [-0.2, -0.15) is 0 Å². The number of carbonyl (C=O) groups excluding carboxylic acids is 1. The topological polar surface area (TPSA) is 72.2 Å². The summed E-state index contributed by atoms with van der Waals surface area (Å²) in [6.45, 7) is 2.02. The maximum absolute atomic E-state index is 12.7. The molecule has 1 atom stereocenters. The van der Waals surface area contributed by atoms with Gasteiger partial charge in [0.15, 0.2) is 0 Å². The molecular weight excluding hydrogens is 362 g/mol. The van der Waals surface area contributed by atoms with E-state index < -0.39 is 0 Å². The van der Waals surface area contributed by atoms with Crippen LogP contribution in [0.15, 0.2) is 40.0 Å². The van der Waals surface area contributed by atoms with Gasteiger partial charge in [-0.1, -0.05) is 0 Å². The highest BCUT2D eigenvalue weighted by Gasteiger charge is 2.30. The van der Waals surface area contributed by atoms with Crippen LogP contribution >= 0.6 is 15.9 Å². The summed E-state index contributed by atoms with van der Waals surface area (Å²) < 4.78 is 4.11. The van der Waals surface area contributed by atoms with E-state index in [-0.39, 0.29) is 24.1 Å². The minimum Gasteiger partial charge on any atom is -0.336 e. The van der Waals surface area contributed by atoms with Crippen molar-refractivity contribution in [3.05, 3.63) is 51.4 Å². The van der Waals surface area contributed by atoms with E-state index in [9.17, 15) is 9.59 Å². The number of rotatable bonds is 3. The Kier molecular flexibility index (Phi) is 4.63. The number of pyridine rings is 1. The average Bonchev–Trinajstić information content (AvgIpc) is 2.97. The van der Waals surface area contributed by atoms with Crippen molar-refractivity contribution >= 4 is 21.8 Å². The Morgan fingerprint density at radius 3 is 3.04 bits per heavy atom. The molecule has 3 heterocycles. The first-order valence-electron chi connectivity index (χ1n) is 7.39. The molecule has 1 amide bonds. The van der Waals surface area contributed by atoms with Crippen molar-refractivity contribution in [3.63, 3.8) is 0 Å². The molecule has 3 rings (SSSR count). The molecule has 23 heavy (non-hydrogen) atoms. The van der Waals surface area contributed by atoms with Crippen molar-refractivity contribution in [2.45, 2.75) is 12.6 Å². The van der Waals surface area contributed by atoms with Crippen molar-refractivity contribution in [3.8, 4) is 0 Å². The third kappa shape index (κ3) is 3.37. The van der Waals surface area contributed by atoms with Gasteiger partial charge in [0.2, 0.25) is 5.91 Å². The Hall–Kier alpha value is -1.93. The molecule has 1 fully saturated rings. The van der Waals surface area contributed by atoms with E-state index in [0.29, 0.717) is 13.1 Å². The summed E-state index contributed by atoms with van der Waals surface area (Å²) in [5.74, 6) is 0.756. The normalized spacial score (nSPS) is 18.2. The molecule has 1 aliphatic heterocycles. The molecule has 2 aromatic rings. The molecule has 1 saturated heterocycles. The number of nitrogens with one attached hydrogen (secondary N) is 1. The van der Waals surface area contributed by atoms with E-state index in [2.05, 4.69) is 26.2 Å². The van der Waals surface area contributed by atoms with Crippen LogP contribution in [0.25, 0.3) is 0 Å². The fraction of sp³-hybridized carbons (Fsp3) is 0.400. The molecule has 0 saturated carbocycles. The van der Waals surface area contributed by atoms with Crippen LogP contribution in [0.1, 0.15) is 11.9 Å². The van der Waals surface area contributed by atoms with Crippen LogP contribution in [0.3, 0.4) is 0 Å². The predicted molar refractivity (Wildman–Crippen MR) is 88.9 cm³/mol. The Bertz CT molecular complexity index is 769. The fourth-order valence-corrected chi connectivity index (χ4v) is 3.17. The van der Waals surface area contributed by atoms with Crippen LogP contribution in [0.2, 0.25) is 0 Å². The monoisotopic (exact) mass is 379 g/mol. The minimum atomic E-state index is -0.190. The van der Waals surface area contributed by atoms with Gasteiger partial charge in [0, 0.05) is 55.8 Å². The highest BCUT2D eigenvalue weighted by molar-refractivity contribution is 9.10. The molecule has 122 valence electrons. The van der Waals surface area contributed by atoms with Crippen molar-refractivity contribution in [2.24, 2.45) is 7.05 Å². The van der Waals surface area contributed by atoms with Crippen LogP contribution in [0, 0.1) is 0 Å². The summed E-state index contributed by atoms with van der Waals surface area (Å²) >= 11 is 3.33. The molecular formula is C15H18BrN5O2.